The first-order chi connectivity index (χ1) is 29.0. The number of amides is 1. The van der Waals surface area contributed by atoms with E-state index in [9.17, 15) is 19.4 Å². The number of rotatable bonds is 48. The van der Waals surface area contributed by atoms with Gasteiger partial charge in [-0.15, -0.1) is 0 Å². The number of phosphoric acid groups is 1. The molecule has 0 saturated carbocycles. The molecule has 0 spiro atoms. The molecule has 0 aliphatic carbocycles. The largest absolute Gasteiger partial charge is 0.472 e. The van der Waals surface area contributed by atoms with Crippen molar-refractivity contribution in [2.45, 2.75) is 270 Å². The second-order valence-electron chi connectivity index (χ2n) is 19.3. The van der Waals surface area contributed by atoms with Gasteiger partial charge in [0.2, 0.25) is 5.91 Å². The lowest BCUT2D eigenvalue weighted by Crippen LogP contribution is -2.46. The maximum Gasteiger partial charge on any atom is 0.472 e. The highest BCUT2D eigenvalue weighted by atomic mass is 31.2. The molecule has 3 unspecified atom stereocenters. The number of allylic oxidation sites excluding steroid dienone is 2. The van der Waals surface area contributed by atoms with Gasteiger partial charge in [0.25, 0.3) is 0 Å². The number of aliphatic hydroxyl groups excluding tert-OH is 1. The van der Waals surface area contributed by atoms with Crippen LogP contribution < -0.4 is 5.32 Å². The average molecular weight is 872 g/mol. The fraction of sp³-hybridized carbons (Fsp3) is 0.941. The lowest BCUT2D eigenvalue weighted by Gasteiger charge is -2.26. The minimum absolute atomic E-state index is 0.0752. The number of phosphoric ester groups is 1. The van der Waals surface area contributed by atoms with Crippen LogP contribution in [0.5, 0.6) is 0 Å². The van der Waals surface area contributed by atoms with Gasteiger partial charge in [0.15, 0.2) is 0 Å². The number of nitrogens with zero attached hydrogens (tertiary/aromatic N) is 1. The fourth-order valence-electron chi connectivity index (χ4n) is 7.87. The smallest absolute Gasteiger partial charge is 0.391 e. The van der Waals surface area contributed by atoms with Crippen molar-refractivity contribution in [1.29, 1.82) is 0 Å². The van der Waals surface area contributed by atoms with Crippen LogP contribution in [0.25, 0.3) is 0 Å². The van der Waals surface area contributed by atoms with Gasteiger partial charge in [-0.25, -0.2) is 4.57 Å². The molecule has 0 aliphatic heterocycles. The molecule has 0 aromatic carbocycles. The van der Waals surface area contributed by atoms with E-state index in [0.29, 0.717) is 23.9 Å². The average Bonchev–Trinajstić information content (AvgIpc) is 3.20. The van der Waals surface area contributed by atoms with Crippen molar-refractivity contribution in [1.82, 2.24) is 5.32 Å². The summed E-state index contributed by atoms with van der Waals surface area (Å²) in [6, 6.07) is -0.761. The van der Waals surface area contributed by atoms with Crippen molar-refractivity contribution in [3.05, 3.63) is 12.2 Å². The van der Waals surface area contributed by atoms with E-state index in [4.69, 9.17) is 9.05 Å². The van der Waals surface area contributed by atoms with E-state index in [0.717, 1.165) is 51.4 Å². The first-order valence-corrected chi connectivity index (χ1v) is 27.5. The quantitative estimate of drug-likeness (QED) is 0.0243. The topological polar surface area (TPSA) is 105 Å². The van der Waals surface area contributed by atoms with Crippen molar-refractivity contribution in [3.63, 3.8) is 0 Å². The molecule has 60 heavy (non-hydrogen) atoms. The summed E-state index contributed by atoms with van der Waals surface area (Å²) in [5.74, 6) is -0.151. The van der Waals surface area contributed by atoms with Gasteiger partial charge < -0.3 is 19.8 Å². The molecule has 358 valence electrons. The van der Waals surface area contributed by atoms with Crippen molar-refractivity contribution in [3.8, 4) is 0 Å². The van der Waals surface area contributed by atoms with E-state index in [1.54, 1.807) is 0 Å². The van der Waals surface area contributed by atoms with Gasteiger partial charge >= 0.3 is 7.82 Å². The van der Waals surface area contributed by atoms with Gasteiger partial charge in [0.05, 0.1) is 39.9 Å². The Morgan fingerprint density at radius 1 is 0.550 bits per heavy atom. The van der Waals surface area contributed by atoms with Crippen LogP contribution in [0.1, 0.15) is 258 Å². The molecule has 0 bridgehead atoms. The predicted octanol–water partition coefficient (Wildman–Crippen LogP) is 15.1. The number of unbranched alkanes of at least 4 members (excludes halogenated alkanes) is 33. The molecule has 0 fully saturated rings. The number of nitrogens with one attached hydrogen (secondary N) is 1. The van der Waals surface area contributed by atoms with Crippen LogP contribution >= 0.6 is 7.82 Å². The zero-order valence-corrected chi connectivity index (χ0v) is 41.6. The molecule has 1 amide bonds. The van der Waals surface area contributed by atoms with E-state index in [1.807, 2.05) is 21.1 Å². The summed E-state index contributed by atoms with van der Waals surface area (Å²) in [5, 5.41) is 14.0. The Morgan fingerprint density at radius 3 is 1.30 bits per heavy atom. The summed E-state index contributed by atoms with van der Waals surface area (Å²) in [7, 11) is 1.62. The predicted molar refractivity (Wildman–Crippen MR) is 259 cm³/mol. The zero-order valence-electron chi connectivity index (χ0n) is 40.7. The molecular formula is C51H104N2O6P+. The van der Waals surface area contributed by atoms with Gasteiger partial charge in [-0.05, 0) is 38.5 Å². The van der Waals surface area contributed by atoms with E-state index < -0.39 is 20.0 Å². The Kier molecular flexibility index (Phi) is 42.9. The SMILES string of the molecule is CCCCCC/C=C\CCCCCCCC(=O)NC(COP(=O)(O)OCC[N+](C)(C)C)C(O)CCCCCCCCCCCCCCCCCCCCCCCCCCC. The van der Waals surface area contributed by atoms with E-state index in [1.165, 1.54) is 180 Å². The van der Waals surface area contributed by atoms with Crippen LogP contribution in [-0.2, 0) is 18.4 Å². The lowest BCUT2D eigenvalue weighted by molar-refractivity contribution is -0.870. The summed E-state index contributed by atoms with van der Waals surface area (Å²) in [6.07, 6.45) is 51.1. The molecule has 0 radical (unpaired) electrons. The molecule has 0 aromatic rings. The second kappa shape index (κ2) is 43.5. The molecule has 0 aliphatic rings. The molecule has 9 heteroatoms. The summed E-state index contributed by atoms with van der Waals surface area (Å²) in [4.78, 5) is 23.2. The zero-order chi connectivity index (χ0) is 44.3. The van der Waals surface area contributed by atoms with Crippen LogP contribution in [0.15, 0.2) is 12.2 Å². The highest BCUT2D eigenvalue weighted by Gasteiger charge is 2.28. The Balaban J connectivity index is 4.14. The van der Waals surface area contributed by atoms with Crippen LogP contribution in [0.4, 0.5) is 0 Å². The van der Waals surface area contributed by atoms with E-state index in [-0.39, 0.29) is 19.1 Å². The van der Waals surface area contributed by atoms with Crippen LogP contribution in [0.2, 0.25) is 0 Å². The molecule has 3 N–H and O–H groups in total. The Morgan fingerprint density at radius 2 is 0.900 bits per heavy atom. The number of carbonyl (C=O) groups is 1. The molecule has 0 heterocycles. The third kappa shape index (κ3) is 45.3. The molecule has 8 nitrogen and oxygen atoms in total. The monoisotopic (exact) mass is 872 g/mol. The first-order valence-electron chi connectivity index (χ1n) is 26.1. The van der Waals surface area contributed by atoms with Gasteiger partial charge in [-0.3, -0.25) is 13.8 Å². The maximum absolute atomic E-state index is 12.9. The first kappa shape index (κ1) is 59.2. The molecular weight excluding hydrogens is 768 g/mol. The summed E-state index contributed by atoms with van der Waals surface area (Å²) in [5.41, 5.74) is 0. The fourth-order valence-corrected chi connectivity index (χ4v) is 8.60. The van der Waals surface area contributed by atoms with Crippen molar-refractivity contribution < 1.29 is 32.9 Å². The number of aliphatic hydroxyl groups is 1. The normalized spacial score (nSPS) is 14.2. The molecule has 0 rings (SSSR count). The highest BCUT2D eigenvalue weighted by molar-refractivity contribution is 7.47. The van der Waals surface area contributed by atoms with Gasteiger partial charge in [-0.1, -0.05) is 225 Å². The Bertz CT molecular complexity index is 989. The summed E-state index contributed by atoms with van der Waals surface area (Å²) in [6.45, 7) is 4.89. The van der Waals surface area contributed by atoms with Crippen LogP contribution in [-0.4, -0.2) is 73.4 Å². The van der Waals surface area contributed by atoms with Gasteiger partial charge in [-0.2, -0.15) is 0 Å². The Labute approximate surface area is 373 Å². The number of carbonyl (C=O) groups excluding carboxylic acids is 1. The van der Waals surface area contributed by atoms with Gasteiger partial charge in [0, 0.05) is 6.42 Å². The third-order valence-corrected chi connectivity index (χ3v) is 13.0. The number of hydrogen-bond donors (Lipinski definition) is 3. The van der Waals surface area contributed by atoms with E-state index >= 15 is 0 Å². The second-order valence-corrected chi connectivity index (χ2v) is 20.7. The van der Waals surface area contributed by atoms with Crippen molar-refractivity contribution >= 4 is 13.7 Å². The van der Waals surface area contributed by atoms with Gasteiger partial charge in [0.1, 0.15) is 13.2 Å². The number of likely N-dealkylation sites (N-methyl/N-ethyl adjacent to an activating group) is 1. The highest BCUT2D eigenvalue weighted by Crippen LogP contribution is 2.43. The van der Waals surface area contributed by atoms with Crippen LogP contribution in [0, 0.1) is 0 Å². The number of hydrogen-bond acceptors (Lipinski definition) is 5. The minimum Gasteiger partial charge on any atom is -0.391 e. The Hall–Kier alpha value is -0.760. The minimum atomic E-state index is -4.32. The molecule has 0 saturated heterocycles. The standard InChI is InChI=1S/C51H103N2O6P/c1-6-8-10-12-14-16-18-20-21-22-23-24-25-26-27-28-29-30-31-33-34-36-38-40-42-44-50(54)49(48-59-60(56,57)58-47-46-53(3,4)5)52-51(55)45-43-41-39-37-35-32-19-17-15-13-11-9-7-2/h17,19,49-50,54H,6-16,18,20-48H2,1-5H3,(H-,52,55,56,57)/p+1/b19-17-. The van der Waals surface area contributed by atoms with Crippen molar-refractivity contribution in [2.24, 2.45) is 0 Å². The third-order valence-electron chi connectivity index (χ3n) is 12.0. The molecule has 0 aromatic heterocycles. The summed E-state index contributed by atoms with van der Waals surface area (Å²) >= 11 is 0. The summed E-state index contributed by atoms with van der Waals surface area (Å²) < 4.78 is 23.7. The molecule has 3 atom stereocenters. The lowest BCUT2D eigenvalue weighted by atomic mass is 10.0. The number of quaternary nitrogens is 1. The van der Waals surface area contributed by atoms with Crippen molar-refractivity contribution in [2.75, 3.05) is 40.9 Å². The van der Waals surface area contributed by atoms with Crippen LogP contribution in [0.3, 0.4) is 0 Å². The maximum atomic E-state index is 12.9. The van der Waals surface area contributed by atoms with E-state index in [2.05, 4.69) is 31.3 Å².